The molecular formula is C32H60O8Rh-4. The van der Waals surface area contributed by atoms with Crippen LogP contribution in [0.3, 0.4) is 0 Å². The van der Waals surface area contributed by atoms with Crippen LogP contribution in [0.5, 0.6) is 0 Å². The van der Waals surface area contributed by atoms with E-state index in [1.54, 1.807) is 0 Å². The zero-order chi connectivity index (χ0) is 31.3. The van der Waals surface area contributed by atoms with E-state index in [9.17, 15) is 39.6 Å². The molecule has 0 spiro atoms. The number of aliphatic carboxylic acids is 4. The Kier molecular flexibility index (Phi) is 54.6. The van der Waals surface area contributed by atoms with Crippen molar-refractivity contribution in [3.63, 3.8) is 0 Å². The molecule has 0 aromatic rings. The molecule has 0 aliphatic rings. The minimum Gasteiger partial charge on any atom is -0.550 e. The van der Waals surface area contributed by atoms with Gasteiger partial charge in [-0.15, -0.1) is 0 Å². The number of carbonyl (C=O) groups excluding carboxylic acids is 4. The molecule has 0 N–H and O–H groups in total. The standard InChI is InChI=1S/4C8H16O2.Rh/c4*1-2-3-4-5-6-7-8(9)10;/h4*2-7H2,1H3,(H,9,10);/p-4. The maximum Gasteiger partial charge on any atom is 0.0414 e. The van der Waals surface area contributed by atoms with Gasteiger partial charge in [0.2, 0.25) is 0 Å². The summed E-state index contributed by atoms with van der Waals surface area (Å²) < 4.78 is 0. The first-order valence-electron chi connectivity index (χ1n) is 15.9. The van der Waals surface area contributed by atoms with E-state index in [1.165, 1.54) is 51.4 Å². The number of carboxylic acids is 4. The SMILES string of the molecule is CCCCCCCC(=O)[O-].CCCCCCCC(=O)[O-].CCCCCCCC(=O)[O-].CCCCCCCC(=O)[O-].[Rh]. The Labute approximate surface area is 264 Å². The normalized spacial score (nSPS) is 9.46. The van der Waals surface area contributed by atoms with Gasteiger partial charge in [0.1, 0.15) is 0 Å². The predicted molar refractivity (Wildman–Crippen MR) is 154 cm³/mol. The van der Waals surface area contributed by atoms with Gasteiger partial charge in [-0.05, 0) is 51.4 Å². The minimum absolute atomic E-state index is 0. The van der Waals surface area contributed by atoms with Crippen molar-refractivity contribution in [1.82, 2.24) is 0 Å². The van der Waals surface area contributed by atoms with Crippen LogP contribution in [0, 0.1) is 0 Å². The fraction of sp³-hybridized carbons (Fsp3) is 0.875. The number of carboxylic acid groups (broad SMARTS) is 4. The first-order valence-corrected chi connectivity index (χ1v) is 15.9. The average molecular weight is 676 g/mol. The summed E-state index contributed by atoms with van der Waals surface area (Å²) in [4.78, 5) is 39.7. The zero-order valence-corrected chi connectivity index (χ0v) is 28.2. The Morgan fingerprint density at radius 2 is 0.463 bits per heavy atom. The van der Waals surface area contributed by atoms with Gasteiger partial charge < -0.3 is 39.6 Å². The third-order valence-electron chi connectivity index (χ3n) is 5.94. The second-order valence-corrected chi connectivity index (χ2v) is 10.1. The third kappa shape index (κ3) is 73.0. The van der Waals surface area contributed by atoms with Gasteiger partial charge in [0.25, 0.3) is 0 Å². The maximum atomic E-state index is 9.92. The van der Waals surface area contributed by atoms with Crippen molar-refractivity contribution in [3.05, 3.63) is 0 Å². The summed E-state index contributed by atoms with van der Waals surface area (Å²) in [6, 6.07) is 0. The molecule has 0 amide bonds. The summed E-state index contributed by atoms with van der Waals surface area (Å²) >= 11 is 0. The second-order valence-electron chi connectivity index (χ2n) is 10.1. The first kappa shape index (κ1) is 49.2. The van der Waals surface area contributed by atoms with Crippen LogP contribution in [0.2, 0.25) is 0 Å². The number of unbranched alkanes of at least 4 members (excludes halogenated alkanes) is 16. The smallest absolute Gasteiger partial charge is 0.0414 e. The minimum atomic E-state index is -0.920. The maximum absolute atomic E-state index is 9.92. The molecule has 0 aromatic carbocycles. The van der Waals surface area contributed by atoms with E-state index < -0.39 is 23.9 Å². The molecule has 0 rings (SSSR count). The molecule has 0 fully saturated rings. The van der Waals surface area contributed by atoms with Crippen LogP contribution in [-0.4, -0.2) is 23.9 Å². The van der Waals surface area contributed by atoms with Gasteiger partial charge >= 0.3 is 0 Å². The van der Waals surface area contributed by atoms with Gasteiger partial charge in [0, 0.05) is 43.4 Å². The van der Waals surface area contributed by atoms with Crippen LogP contribution < -0.4 is 20.4 Å². The summed E-state index contributed by atoms with van der Waals surface area (Å²) in [6.07, 6.45) is 22.4. The monoisotopic (exact) mass is 675 g/mol. The van der Waals surface area contributed by atoms with Crippen LogP contribution in [0.1, 0.15) is 182 Å². The first-order chi connectivity index (χ1) is 19.1. The van der Waals surface area contributed by atoms with Crippen LogP contribution in [0.25, 0.3) is 0 Å². The molecule has 0 saturated carbocycles. The largest absolute Gasteiger partial charge is 0.550 e. The van der Waals surface area contributed by atoms with Crippen molar-refractivity contribution in [2.75, 3.05) is 0 Å². The van der Waals surface area contributed by atoms with E-state index in [0.29, 0.717) is 0 Å². The van der Waals surface area contributed by atoms with Gasteiger partial charge in [-0.2, -0.15) is 0 Å². The second kappa shape index (κ2) is 45.5. The molecule has 0 atom stereocenters. The van der Waals surface area contributed by atoms with Gasteiger partial charge in [0.05, 0.1) is 0 Å². The van der Waals surface area contributed by atoms with Crippen LogP contribution in [0.15, 0.2) is 0 Å². The van der Waals surface area contributed by atoms with Gasteiger partial charge in [-0.3, -0.25) is 0 Å². The molecule has 0 saturated heterocycles. The van der Waals surface area contributed by atoms with Gasteiger partial charge in [-0.1, -0.05) is 130 Å². The van der Waals surface area contributed by atoms with E-state index in [2.05, 4.69) is 27.7 Å². The van der Waals surface area contributed by atoms with Crippen LogP contribution >= 0.6 is 0 Å². The molecule has 0 unspecified atom stereocenters. The summed E-state index contributed by atoms with van der Waals surface area (Å²) in [7, 11) is 0. The summed E-state index contributed by atoms with van der Waals surface area (Å²) in [6.45, 7) is 8.55. The molecule has 0 heterocycles. The Morgan fingerprint density at radius 1 is 0.317 bits per heavy atom. The van der Waals surface area contributed by atoms with Crippen molar-refractivity contribution >= 4 is 23.9 Å². The number of rotatable bonds is 24. The number of carbonyl (C=O) groups is 4. The van der Waals surface area contributed by atoms with E-state index in [1.807, 2.05) is 0 Å². The van der Waals surface area contributed by atoms with Crippen LogP contribution in [0.4, 0.5) is 0 Å². The molecular weight excluding hydrogens is 615 g/mol. The van der Waals surface area contributed by atoms with E-state index in [4.69, 9.17) is 0 Å². The third-order valence-corrected chi connectivity index (χ3v) is 5.94. The fourth-order valence-corrected chi connectivity index (χ4v) is 3.49. The Balaban J connectivity index is -0.000000139. The number of hydrogen-bond donors (Lipinski definition) is 0. The van der Waals surface area contributed by atoms with E-state index in [-0.39, 0.29) is 45.2 Å². The Hall–Kier alpha value is -1.50. The molecule has 1 radical (unpaired) electrons. The van der Waals surface area contributed by atoms with Crippen molar-refractivity contribution in [3.8, 4) is 0 Å². The quantitative estimate of drug-likeness (QED) is 0.108. The predicted octanol–water partition coefficient (Wildman–Crippen LogP) is 4.38. The molecule has 0 aromatic heterocycles. The fourth-order valence-electron chi connectivity index (χ4n) is 3.49. The summed E-state index contributed by atoms with van der Waals surface area (Å²) in [5, 5.41) is 39.7. The van der Waals surface area contributed by atoms with E-state index >= 15 is 0 Å². The van der Waals surface area contributed by atoms with Gasteiger partial charge in [0.15, 0.2) is 0 Å². The average Bonchev–Trinajstić information content (AvgIpc) is 2.89. The van der Waals surface area contributed by atoms with Crippen molar-refractivity contribution in [2.24, 2.45) is 0 Å². The van der Waals surface area contributed by atoms with Crippen molar-refractivity contribution in [2.45, 2.75) is 182 Å². The summed E-state index contributed by atoms with van der Waals surface area (Å²) in [5.41, 5.74) is 0. The molecule has 0 aliphatic heterocycles. The van der Waals surface area contributed by atoms with Gasteiger partial charge in [-0.25, -0.2) is 0 Å². The Bertz CT molecular complexity index is 460. The number of hydrogen-bond acceptors (Lipinski definition) is 8. The zero-order valence-electron chi connectivity index (χ0n) is 26.6. The Morgan fingerprint density at radius 3 is 0.585 bits per heavy atom. The van der Waals surface area contributed by atoms with Crippen molar-refractivity contribution in [1.29, 1.82) is 0 Å². The molecule has 8 nitrogen and oxygen atoms in total. The molecule has 0 aliphatic carbocycles. The molecule has 41 heavy (non-hydrogen) atoms. The molecule has 9 heteroatoms. The van der Waals surface area contributed by atoms with Crippen molar-refractivity contribution < 1.29 is 59.1 Å². The summed E-state index contributed by atoms with van der Waals surface area (Å²) in [5.74, 6) is -3.68. The van der Waals surface area contributed by atoms with E-state index in [0.717, 1.165) is 77.0 Å². The molecule has 0 bridgehead atoms. The van der Waals surface area contributed by atoms with Crippen LogP contribution in [-0.2, 0) is 38.7 Å². The topological polar surface area (TPSA) is 161 Å². The molecule has 249 valence electrons.